The third kappa shape index (κ3) is 6.30. The van der Waals surface area contributed by atoms with Crippen LogP contribution in [0.2, 0.25) is 0 Å². The van der Waals surface area contributed by atoms with E-state index in [1.165, 1.54) is 12.8 Å². The lowest BCUT2D eigenvalue weighted by atomic mass is 10.0. The van der Waals surface area contributed by atoms with Crippen LogP contribution in [0.15, 0.2) is 0 Å². The topological polar surface area (TPSA) is 0 Å². The van der Waals surface area contributed by atoms with Gasteiger partial charge in [-0.3, -0.25) is 0 Å². The maximum Gasteiger partial charge on any atom is 0.0319 e. The Morgan fingerprint density at radius 2 is 2.00 bits per heavy atom. The molecule has 0 aromatic rings. The molecule has 0 amide bonds. The summed E-state index contributed by atoms with van der Waals surface area (Å²) in [6, 6.07) is 0. The van der Waals surface area contributed by atoms with E-state index in [0.717, 1.165) is 12.8 Å². The molecule has 0 aliphatic heterocycles. The second-order valence-corrected chi connectivity index (χ2v) is 3.46. The molecule has 0 aliphatic carbocycles. The van der Waals surface area contributed by atoms with Crippen molar-refractivity contribution in [3.63, 3.8) is 0 Å². The zero-order chi connectivity index (χ0) is 10.1. The van der Waals surface area contributed by atoms with Crippen LogP contribution < -0.4 is 0 Å². The minimum absolute atomic E-state index is 0.237. The molecule has 0 saturated carbocycles. The molecule has 0 aliphatic rings. The highest BCUT2D eigenvalue weighted by Gasteiger charge is 1.98. The van der Waals surface area contributed by atoms with Crippen LogP contribution >= 0.6 is 0 Å². The number of hydrogen-bond acceptors (Lipinski definition) is 0. The van der Waals surface area contributed by atoms with Crippen LogP contribution in [-0.2, 0) is 0 Å². The molecule has 0 bridgehead atoms. The average molecular weight is 175 g/mol. The van der Waals surface area contributed by atoms with Gasteiger partial charge in [0.15, 0.2) is 0 Å². The second-order valence-electron chi connectivity index (χ2n) is 3.46. The first-order chi connectivity index (χ1) is 6.24. The van der Waals surface area contributed by atoms with Crippen molar-refractivity contribution >= 4 is 0 Å². The van der Waals surface area contributed by atoms with E-state index in [4.69, 9.17) is 6.42 Å². The molecule has 0 heteroatoms. The largest absolute Gasteiger partial charge is 0.102 e. The minimum atomic E-state index is 0.237. The number of rotatable bonds is 4. The summed E-state index contributed by atoms with van der Waals surface area (Å²) >= 11 is 0. The molecule has 2 atom stereocenters. The van der Waals surface area contributed by atoms with Crippen molar-refractivity contribution in [2.24, 2.45) is 11.8 Å². The molecule has 0 nitrogen and oxygen atoms in total. The molecule has 0 rings (SSSR count). The van der Waals surface area contributed by atoms with Crippen molar-refractivity contribution < 1.29 is 0 Å². The molecule has 0 fully saturated rings. The van der Waals surface area contributed by atoms with Gasteiger partial charge < -0.3 is 0 Å². The van der Waals surface area contributed by atoms with Crippen LogP contribution in [0.25, 0.3) is 0 Å². The highest BCUT2D eigenvalue weighted by atomic mass is 14.0. The van der Waals surface area contributed by atoms with Gasteiger partial charge in [-0.2, -0.15) is 0 Å². The predicted octanol–water partition coefficient (Wildman–Crippen LogP) is 3.43. The van der Waals surface area contributed by atoms with E-state index in [1.807, 2.05) is 0 Å². The Hall–Kier alpha value is -0.880. The maximum atomic E-state index is 7.01. The Balaban J connectivity index is 3.78. The Kier molecular flexibility index (Phi) is 7.23. The third-order valence-electron chi connectivity index (χ3n) is 2.12. The van der Waals surface area contributed by atoms with Crippen LogP contribution in [-0.4, -0.2) is 0 Å². The SMILES string of the molecule is [C]#CC(CC)CC#CC(C)CCC. The van der Waals surface area contributed by atoms with Gasteiger partial charge in [-0.05, 0) is 19.3 Å². The Bertz CT molecular complexity index is 208. The summed E-state index contributed by atoms with van der Waals surface area (Å²) in [5.41, 5.74) is 0. The summed E-state index contributed by atoms with van der Waals surface area (Å²) < 4.78 is 0. The lowest BCUT2D eigenvalue weighted by Crippen LogP contribution is -1.93. The van der Waals surface area contributed by atoms with E-state index >= 15 is 0 Å². The standard InChI is InChI=1S/C13H19/c1-5-9-12(4)10-8-11-13(6-2)7-3/h12-13H,5-6,9,11H2,1-2,4H3. The minimum Gasteiger partial charge on any atom is -0.102 e. The van der Waals surface area contributed by atoms with Crippen molar-refractivity contribution in [3.05, 3.63) is 6.42 Å². The van der Waals surface area contributed by atoms with Gasteiger partial charge in [0.2, 0.25) is 0 Å². The fraction of sp³-hybridized carbons (Fsp3) is 0.692. The Morgan fingerprint density at radius 1 is 1.31 bits per heavy atom. The maximum absolute atomic E-state index is 7.01. The first-order valence-corrected chi connectivity index (χ1v) is 5.15. The first kappa shape index (κ1) is 12.1. The lowest BCUT2D eigenvalue weighted by Gasteiger charge is -2.01. The predicted molar refractivity (Wildman–Crippen MR) is 57.4 cm³/mol. The van der Waals surface area contributed by atoms with E-state index in [9.17, 15) is 0 Å². The van der Waals surface area contributed by atoms with Gasteiger partial charge in [0, 0.05) is 18.3 Å². The summed E-state index contributed by atoms with van der Waals surface area (Å²) in [6.07, 6.45) is 11.2. The van der Waals surface area contributed by atoms with Gasteiger partial charge in [-0.25, -0.2) is 0 Å². The molecule has 71 valence electrons. The van der Waals surface area contributed by atoms with Crippen LogP contribution in [0.1, 0.15) is 46.5 Å². The van der Waals surface area contributed by atoms with Crippen LogP contribution in [0.4, 0.5) is 0 Å². The van der Waals surface area contributed by atoms with E-state index in [1.54, 1.807) is 0 Å². The Morgan fingerprint density at radius 3 is 2.46 bits per heavy atom. The van der Waals surface area contributed by atoms with Crippen LogP contribution in [0, 0.1) is 36.0 Å². The van der Waals surface area contributed by atoms with Gasteiger partial charge in [-0.1, -0.05) is 33.1 Å². The van der Waals surface area contributed by atoms with E-state index in [2.05, 4.69) is 38.5 Å². The Labute approximate surface area is 83.1 Å². The van der Waals surface area contributed by atoms with Crippen molar-refractivity contribution in [1.29, 1.82) is 0 Å². The third-order valence-corrected chi connectivity index (χ3v) is 2.12. The second kappa shape index (κ2) is 7.75. The monoisotopic (exact) mass is 175 g/mol. The fourth-order valence-corrected chi connectivity index (χ4v) is 1.16. The summed E-state index contributed by atoms with van der Waals surface area (Å²) in [7, 11) is 0. The molecule has 0 N–H and O–H groups in total. The van der Waals surface area contributed by atoms with Gasteiger partial charge in [0.1, 0.15) is 0 Å². The van der Waals surface area contributed by atoms with Gasteiger partial charge in [0.25, 0.3) is 0 Å². The lowest BCUT2D eigenvalue weighted by molar-refractivity contribution is 0.645. The normalized spacial score (nSPS) is 13.7. The van der Waals surface area contributed by atoms with Gasteiger partial charge in [-0.15, -0.1) is 11.8 Å². The summed E-state index contributed by atoms with van der Waals surface area (Å²) in [5, 5.41) is 0. The number of hydrogen-bond donors (Lipinski definition) is 0. The molecule has 13 heavy (non-hydrogen) atoms. The molecule has 0 saturated heterocycles. The molecule has 0 aromatic carbocycles. The zero-order valence-corrected chi connectivity index (χ0v) is 8.98. The first-order valence-electron chi connectivity index (χ1n) is 5.15. The van der Waals surface area contributed by atoms with Crippen molar-refractivity contribution in [2.45, 2.75) is 46.5 Å². The molecule has 1 radical (unpaired) electrons. The van der Waals surface area contributed by atoms with E-state index in [0.29, 0.717) is 5.92 Å². The van der Waals surface area contributed by atoms with Gasteiger partial charge >= 0.3 is 0 Å². The fourth-order valence-electron chi connectivity index (χ4n) is 1.16. The highest BCUT2D eigenvalue weighted by molar-refractivity contribution is 5.06. The van der Waals surface area contributed by atoms with Gasteiger partial charge in [0.05, 0.1) is 0 Å². The smallest absolute Gasteiger partial charge is 0.0319 e. The summed E-state index contributed by atoms with van der Waals surface area (Å²) in [5.74, 6) is 9.60. The molecule has 2 unspecified atom stereocenters. The van der Waals surface area contributed by atoms with Crippen LogP contribution in [0.5, 0.6) is 0 Å². The molecule has 0 heterocycles. The molecular weight excluding hydrogens is 156 g/mol. The van der Waals surface area contributed by atoms with E-state index < -0.39 is 0 Å². The molecular formula is C13H19. The van der Waals surface area contributed by atoms with E-state index in [-0.39, 0.29) is 5.92 Å². The zero-order valence-electron chi connectivity index (χ0n) is 8.98. The average Bonchev–Trinajstić information content (AvgIpc) is 2.13. The van der Waals surface area contributed by atoms with Crippen LogP contribution in [0.3, 0.4) is 0 Å². The van der Waals surface area contributed by atoms with Crippen molar-refractivity contribution in [1.82, 2.24) is 0 Å². The van der Waals surface area contributed by atoms with Crippen molar-refractivity contribution in [2.75, 3.05) is 0 Å². The van der Waals surface area contributed by atoms with Crippen molar-refractivity contribution in [3.8, 4) is 17.8 Å². The summed E-state index contributed by atoms with van der Waals surface area (Å²) in [6.45, 7) is 6.41. The highest BCUT2D eigenvalue weighted by Crippen LogP contribution is 2.06. The quantitative estimate of drug-likeness (QED) is 0.574. The molecule has 0 aromatic heterocycles. The summed E-state index contributed by atoms with van der Waals surface area (Å²) in [4.78, 5) is 0. The molecule has 0 spiro atoms.